The highest BCUT2D eigenvalue weighted by molar-refractivity contribution is 5.99. The molecule has 94 valence electrons. The van der Waals surface area contributed by atoms with Crippen LogP contribution in [0, 0.1) is 17.2 Å². The van der Waals surface area contributed by atoms with E-state index in [2.05, 4.69) is 11.4 Å². The second kappa shape index (κ2) is 5.54. The minimum Gasteiger partial charge on any atom is -0.398 e. The number of carbonyl (C=O) groups is 1. The van der Waals surface area contributed by atoms with Gasteiger partial charge < -0.3 is 11.1 Å². The molecule has 1 fully saturated rings. The van der Waals surface area contributed by atoms with Crippen molar-refractivity contribution in [3.8, 4) is 6.07 Å². The minimum atomic E-state index is -0.117. The van der Waals surface area contributed by atoms with E-state index in [0.717, 1.165) is 25.7 Å². The van der Waals surface area contributed by atoms with Crippen LogP contribution in [0.3, 0.4) is 0 Å². The number of hydrogen-bond acceptors (Lipinski definition) is 3. The second-order valence-corrected chi connectivity index (χ2v) is 4.74. The summed E-state index contributed by atoms with van der Waals surface area (Å²) in [5.41, 5.74) is 6.79. The van der Waals surface area contributed by atoms with Crippen molar-refractivity contribution in [2.75, 3.05) is 5.73 Å². The molecule has 0 bridgehead atoms. The Hall–Kier alpha value is -2.02. The molecule has 0 atom stereocenters. The van der Waals surface area contributed by atoms with Gasteiger partial charge in [0.1, 0.15) is 0 Å². The summed E-state index contributed by atoms with van der Waals surface area (Å²) in [5.74, 6) is 0.0356. The van der Waals surface area contributed by atoms with E-state index < -0.39 is 0 Å². The highest BCUT2D eigenvalue weighted by atomic mass is 16.1. The largest absolute Gasteiger partial charge is 0.398 e. The molecule has 1 saturated carbocycles. The number of nitrogens with two attached hydrogens (primary N) is 1. The third kappa shape index (κ3) is 2.80. The monoisotopic (exact) mass is 243 g/mol. The first kappa shape index (κ1) is 12.4. The summed E-state index contributed by atoms with van der Waals surface area (Å²) in [5, 5.41) is 11.8. The van der Waals surface area contributed by atoms with Gasteiger partial charge in [-0.25, -0.2) is 0 Å². The van der Waals surface area contributed by atoms with E-state index in [-0.39, 0.29) is 17.9 Å². The zero-order valence-electron chi connectivity index (χ0n) is 10.2. The number of nitrogens with one attached hydrogen (secondary N) is 1. The van der Waals surface area contributed by atoms with Gasteiger partial charge >= 0.3 is 0 Å². The van der Waals surface area contributed by atoms with Crippen LogP contribution >= 0.6 is 0 Å². The molecule has 0 spiro atoms. The molecule has 1 aromatic carbocycles. The van der Waals surface area contributed by atoms with Gasteiger partial charge in [0.05, 0.1) is 11.6 Å². The van der Waals surface area contributed by atoms with Gasteiger partial charge in [-0.1, -0.05) is 12.1 Å². The van der Waals surface area contributed by atoms with Crippen molar-refractivity contribution in [1.29, 1.82) is 5.26 Å². The van der Waals surface area contributed by atoms with Gasteiger partial charge in [-0.3, -0.25) is 4.79 Å². The topological polar surface area (TPSA) is 78.9 Å². The van der Waals surface area contributed by atoms with E-state index in [1.807, 2.05) is 6.07 Å². The lowest BCUT2D eigenvalue weighted by atomic mass is 9.87. The summed E-state index contributed by atoms with van der Waals surface area (Å²) in [6.45, 7) is 0. The molecule has 0 radical (unpaired) electrons. The third-order valence-electron chi connectivity index (χ3n) is 3.45. The number of rotatable bonds is 2. The first-order valence-electron chi connectivity index (χ1n) is 6.25. The van der Waals surface area contributed by atoms with E-state index in [1.165, 1.54) is 0 Å². The summed E-state index contributed by atoms with van der Waals surface area (Å²) >= 11 is 0. The summed E-state index contributed by atoms with van der Waals surface area (Å²) < 4.78 is 0. The molecule has 0 heterocycles. The van der Waals surface area contributed by atoms with Crippen molar-refractivity contribution in [2.45, 2.75) is 31.7 Å². The van der Waals surface area contributed by atoms with E-state index in [9.17, 15) is 4.79 Å². The van der Waals surface area contributed by atoms with Crippen molar-refractivity contribution < 1.29 is 4.79 Å². The fourth-order valence-electron chi connectivity index (χ4n) is 2.33. The molecule has 0 unspecified atom stereocenters. The zero-order chi connectivity index (χ0) is 13.0. The smallest absolute Gasteiger partial charge is 0.253 e. The number of nitrogen functional groups attached to an aromatic ring is 1. The van der Waals surface area contributed by atoms with E-state index in [1.54, 1.807) is 18.2 Å². The lowest BCUT2D eigenvalue weighted by Gasteiger charge is -2.25. The van der Waals surface area contributed by atoms with Crippen LogP contribution in [0.4, 0.5) is 5.69 Å². The summed E-state index contributed by atoms with van der Waals surface area (Å²) in [4.78, 5) is 12.0. The first-order chi connectivity index (χ1) is 8.70. The van der Waals surface area contributed by atoms with Crippen LogP contribution in [-0.2, 0) is 0 Å². The SMILES string of the molecule is N#C[C@H]1CC[C@@H](NC(=O)c2ccccc2N)CC1. The van der Waals surface area contributed by atoms with Gasteiger partial charge in [-0.05, 0) is 37.8 Å². The van der Waals surface area contributed by atoms with Gasteiger partial charge in [0, 0.05) is 17.6 Å². The molecule has 1 aliphatic rings. The Morgan fingerprint density at radius 1 is 1.28 bits per heavy atom. The maximum Gasteiger partial charge on any atom is 0.253 e. The van der Waals surface area contributed by atoms with Crippen LogP contribution in [0.15, 0.2) is 24.3 Å². The number of hydrogen-bond donors (Lipinski definition) is 2. The van der Waals surface area contributed by atoms with Crippen LogP contribution in [0.2, 0.25) is 0 Å². The van der Waals surface area contributed by atoms with Gasteiger partial charge in [0.25, 0.3) is 5.91 Å². The highest BCUT2D eigenvalue weighted by Gasteiger charge is 2.22. The third-order valence-corrected chi connectivity index (χ3v) is 3.45. The molecule has 4 nitrogen and oxygen atoms in total. The zero-order valence-corrected chi connectivity index (χ0v) is 10.2. The summed E-state index contributed by atoms with van der Waals surface area (Å²) in [7, 11) is 0. The van der Waals surface area contributed by atoms with Crippen molar-refractivity contribution >= 4 is 11.6 Å². The molecule has 1 aliphatic carbocycles. The van der Waals surface area contributed by atoms with Crippen LogP contribution in [0.5, 0.6) is 0 Å². The van der Waals surface area contributed by atoms with Gasteiger partial charge in [-0.15, -0.1) is 0 Å². The van der Waals surface area contributed by atoms with Gasteiger partial charge in [0.2, 0.25) is 0 Å². The molecule has 0 aliphatic heterocycles. The molecule has 18 heavy (non-hydrogen) atoms. The van der Waals surface area contributed by atoms with Gasteiger partial charge in [-0.2, -0.15) is 5.26 Å². The number of benzene rings is 1. The lowest BCUT2D eigenvalue weighted by molar-refractivity contribution is 0.0926. The van der Waals surface area contributed by atoms with E-state index in [4.69, 9.17) is 11.0 Å². The maximum atomic E-state index is 12.0. The second-order valence-electron chi connectivity index (χ2n) is 4.74. The molecule has 4 heteroatoms. The number of para-hydroxylation sites is 1. The fourth-order valence-corrected chi connectivity index (χ4v) is 2.33. The quantitative estimate of drug-likeness (QED) is 0.780. The Labute approximate surface area is 107 Å². The highest BCUT2D eigenvalue weighted by Crippen LogP contribution is 2.24. The number of anilines is 1. The number of nitriles is 1. The summed E-state index contributed by atoms with van der Waals surface area (Å²) in [6, 6.07) is 9.52. The Morgan fingerprint density at radius 3 is 2.56 bits per heavy atom. The average Bonchev–Trinajstić information content (AvgIpc) is 2.40. The standard InChI is InChI=1S/C14H17N3O/c15-9-10-5-7-11(8-6-10)17-14(18)12-3-1-2-4-13(12)16/h1-4,10-11H,5-8,16H2,(H,17,18)/t10-,11+. The van der Waals surface area contributed by atoms with Crippen molar-refractivity contribution in [3.05, 3.63) is 29.8 Å². The Balaban J connectivity index is 1.93. The van der Waals surface area contributed by atoms with Crippen molar-refractivity contribution in [3.63, 3.8) is 0 Å². The normalized spacial score (nSPS) is 23.1. The van der Waals surface area contributed by atoms with Crippen LogP contribution in [-0.4, -0.2) is 11.9 Å². The van der Waals surface area contributed by atoms with Crippen LogP contribution in [0.1, 0.15) is 36.0 Å². The molecule has 2 rings (SSSR count). The van der Waals surface area contributed by atoms with Crippen molar-refractivity contribution in [2.24, 2.45) is 5.92 Å². The lowest BCUT2D eigenvalue weighted by Crippen LogP contribution is -2.37. The maximum absolute atomic E-state index is 12.0. The summed E-state index contributed by atoms with van der Waals surface area (Å²) in [6.07, 6.45) is 3.48. The number of amides is 1. The molecule has 1 aromatic rings. The van der Waals surface area contributed by atoms with Crippen LogP contribution in [0.25, 0.3) is 0 Å². The minimum absolute atomic E-state index is 0.117. The Morgan fingerprint density at radius 2 is 1.94 bits per heavy atom. The number of carbonyl (C=O) groups excluding carboxylic acids is 1. The average molecular weight is 243 g/mol. The fraction of sp³-hybridized carbons (Fsp3) is 0.429. The van der Waals surface area contributed by atoms with Crippen molar-refractivity contribution in [1.82, 2.24) is 5.32 Å². The number of nitrogens with zero attached hydrogens (tertiary/aromatic N) is 1. The molecule has 0 saturated heterocycles. The van der Waals surface area contributed by atoms with Gasteiger partial charge in [0.15, 0.2) is 0 Å². The first-order valence-corrected chi connectivity index (χ1v) is 6.25. The molecule has 0 aromatic heterocycles. The Kier molecular flexibility index (Phi) is 3.83. The molecule has 3 N–H and O–H groups in total. The van der Waals surface area contributed by atoms with E-state index >= 15 is 0 Å². The Bertz CT molecular complexity index is 470. The predicted octanol–water partition coefficient (Wildman–Crippen LogP) is 2.08. The predicted molar refractivity (Wildman–Crippen MR) is 69.7 cm³/mol. The molecular weight excluding hydrogens is 226 g/mol. The molecule has 1 amide bonds. The molecular formula is C14H17N3O. The van der Waals surface area contributed by atoms with E-state index in [0.29, 0.717) is 11.3 Å². The van der Waals surface area contributed by atoms with Crippen LogP contribution < -0.4 is 11.1 Å².